The molecule has 94 valence electrons. The van der Waals surface area contributed by atoms with Crippen LogP contribution < -0.4 is 10.5 Å². The van der Waals surface area contributed by atoms with Gasteiger partial charge in [-0.1, -0.05) is 0 Å². The molecule has 0 spiro atoms. The summed E-state index contributed by atoms with van der Waals surface area (Å²) in [5.41, 5.74) is 7.14. The lowest BCUT2D eigenvalue weighted by Crippen LogP contribution is -2.07. The maximum atomic E-state index is 11.0. The highest BCUT2D eigenvalue weighted by Crippen LogP contribution is 2.28. The van der Waals surface area contributed by atoms with E-state index in [4.69, 9.17) is 10.5 Å². The second kappa shape index (κ2) is 5.35. The smallest absolute Gasteiger partial charge is 0.308 e. The second-order valence-electron chi connectivity index (χ2n) is 3.73. The van der Waals surface area contributed by atoms with Crippen molar-refractivity contribution in [3.63, 3.8) is 0 Å². The van der Waals surface area contributed by atoms with E-state index in [1.54, 1.807) is 18.3 Å². The van der Waals surface area contributed by atoms with Gasteiger partial charge in [0.05, 0.1) is 31.3 Å². The number of pyridine rings is 1. The average Bonchev–Trinajstić information content (AvgIpc) is 2.41. The predicted octanol–water partition coefficient (Wildman–Crippen LogP) is 1.76. The van der Waals surface area contributed by atoms with Crippen molar-refractivity contribution in [2.24, 2.45) is 0 Å². The van der Waals surface area contributed by atoms with Crippen LogP contribution in [0.5, 0.6) is 5.75 Å². The van der Waals surface area contributed by atoms with Crippen LogP contribution in [-0.4, -0.2) is 24.7 Å². The van der Waals surface area contributed by atoms with Crippen LogP contribution in [0.15, 0.2) is 30.5 Å². The van der Waals surface area contributed by atoms with Crippen LogP contribution in [0.2, 0.25) is 0 Å². The predicted molar refractivity (Wildman–Crippen MR) is 68.3 cm³/mol. The Morgan fingerprint density at radius 3 is 3.00 bits per heavy atom. The van der Waals surface area contributed by atoms with Crippen LogP contribution >= 0.6 is 0 Å². The van der Waals surface area contributed by atoms with Gasteiger partial charge in [-0.15, -0.1) is 0 Å². The van der Waals surface area contributed by atoms with Gasteiger partial charge in [-0.05, 0) is 24.3 Å². The molecule has 1 heterocycles. The summed E-state index contributed by atoms with van der Waals surface area (Å²) in [7, 11) is 1.35. The third kappa shape index (κ3) is 2.51. The van der Waals surface area contributed by atoms with Crippen LogP contribution in [-0.2, 0) is 9.53 Å². The van der Waals surface area contributed by atoms with Gasteiger partial charge in [0.25, 0.3) is 0 Å². The van der Waals surface area contributed by atoms with E-state index < -0.39 is 0 Å². The number of carbonyl (C=O) groups is 1. The van der Waals surface area contributed by atoms with E-state index in [0.717, 1.165) is 5.39 Å². The highest BCUT2D eigenvalue weighted by atomic mass is 16.5. The highest BCUT2D eigenvalue weighted by Gasteiger charge is 2.07. The lowest BCUT2D eigenvalue weighted by molar-refractivity contribution is -0.141. The van der Waals surface area contributed by atoms with Crippen molar-refractivity contribution in [1.82, 2.24) is 4.98 Å². The minimum Gasteiger partial charge on any atom is -0.492 e. The van der Waals surface area contributed by atoms with Crippen molar-refractivity contribution >= 4 is 22.6 Å². The fourth-order valence-electron chi connectivity index (χ4n) is 1.64. The number of fused-ring (bicyclic) bond motifs is 1. The summed E-state index contributed by atoms with van der Waals surface area (Å²) in [5.74, 6) is 0.365. The summed E-state index contributed by atoms with van der Waals surface area (Å²) in [6, 6.07) is 7.21. The number of rotatable bonds is 4. The van der Waals surface area contributed by atoms with Crippen LogP contribution in [0.3, 0.4) is 0 Å². The standard InChI is InChI=1S/C13H14N2O3/c1-17-12(16)6-8-18-11-5-4-10(14)13-9(11)3-2-7-15-13/h2-5,7H,6,8,14H2,1H3. The number of benzene rings is 1. The fraction of sp³-hybridized carbons (Fsp3) is 0.231. The minimum absolute atomic E-state index is 0.211. The van der Waals surface area contributed by atoms with E-state index in [2.05, 4.69) is 9.72 Å². The largest absolute Gasteiger partial charge is 0.492 e. The van der Waals surface area contributed by atoms with Gasteiger partial charge in [-0.3, -0.25) is 9.78 Å². The third-order valence-electron chi connectivity index (χ3n) is 2.55. The Morgan fingerprint density at radius 1 is 1.39 bits per heavy atom. The van der Waals surface area contributed by atoms with Crippen molar-refractivity contribution in [2.75, 3.05) is 19.5 Å². The zero-order chi connectivity index (χ0) is 13.0. The summed E-state index contributed by atoms with van der Waals surface area (Å²) in [4.78, 5) is 15.2. The van der Waals surface area contributed by atoms with E-state index >= 15 is 0 Å². The topological polar surface area (TPSA) is 74.4 Å². The van der Waals surface area contributed by atoms with Gasteiger partial charge in [-0.25, -0.2) is 0 Å². The fourth-order valence-corrected chi connectivity index (χ4v) is 1.64. The summed E-state index contributed by atoms with van der Waals surface area (Å²) in [5, 5.41) is 0.836. The number of methoxy groups -OCH3 is 1. The maximum absolute atomic E-state index is 11.0. The lowest BCUT2D eigenvalue weighted by atomic mass is 10.2. The molecule has 0 aliphatic carbocycles. The molecule has 18 heavy (non-hydrogen) atoms. The Kier molecular flexibility index (Phi) is 3.62. The van der Waals surface area contributed by atoms with Crippen LogP contribution in [0.4, 0.5) is 5.69 Å². The molecule has 0 radical (unpaired) electrons. The van der Waals surface area contributed by atoms with Gasteiger partial charge in [0.15, 0.2) is 0 Å². The number of anilines is 1. The molecule has 0 aliphatic heterocycles. The number of hydrogen-bond acceptors (Lipinski definition) is 5. The van der Waals surface area contributed by atoms with Crippen molar-refractivity contribution in [2.45, 2.75) is 6.42 Å². The van der Waals surface area contributed by atoms with E-state index in [0.29, 0.717) is 17.0 Å². The molecule has 2 N–H and O–H groups in total. The Bertz CT molecular complexity index is 569. The number of nitrogens with zero attached hydrogens (tertiary/aromatic N) is 1. The molecular formula is C13H14N2O3. The van der Waals surface area contributed by atoms with Crippen LogP contribution in [0.25, 0.3) is 10.9 Å². The van der Waals surface area contributed by atoms with E-state index in [1.807, 2.05) is 12.1 Å². The van der Waals surface area contributed by atoms with Gasteiger partial charge in [-0.2, -0.15) is 0 Å². The van der Waals surface area contributed by atoms with Gasteiger partial charge in [0.1, 0.15) is 5.75 Å². The third-order valence-corrected chi connectivity index (χ3v) is 2.55. The van der Waals surface area contributed by atoms with E-state index in [9.17, 15) is 4.79 Å². The van der Waals surface area contributed by atoms with Crippen LogP contribution in [0.1, 0.15) is 6.42 Å². The first-order chi connectivity index (χ1) is 8.72. The SMILES string of the molecule is COC(=O)CCOc1ccc(N)c2ncccc12. The van der Waals surface area contributed by atoms with Crippen molar-refractivity contribution in [3.05, 3.63) is 30.5 Å². The Morgan fingerprint density at radius 2 is 2.22 bits per heavy atom. The number of aromatic nitrogens is 1. The summed E-state index contributed by atoms with van der Waals surface area (Å²) >= 11 is 0. The molecule has 0 saturated carbocycles. The number of nitrogens with two attached hydrogens (primary N) is 1. The van der Waals surface area contributed by atoms with Gasteiger partial charge < -0.3 is 15.2 Å². The first-order valence-electron chi connectivity index (χ1n) is 5.55. The average molecular weight is 246 g/mol. The van der Waals surface area contributed by atoms with Crippen molar-refractivity contribution in [1.29, 1.82) is 0 Å². The van der Waals surface area contributed by atoms with E-state index in [-0.39, 0.29) is 19.0 Å². The molecule has 5 heteroatoms. The molecule has 1 aromatic carbocycles. The molecule has 2 aromatic rings. The molecule has 0 bridgehead atoms. The monoisotopic (exact) mass is 246 g/mol. The first kappa shape index (κ1) is 12.2. The second-order valence-corrected chi connectivity index (χ2v) is 3.73. The number of hydrogen-bond donors (Lipinski definition) is 1. The Balaban J connectivity index is 2.18. The molecular weight excluding hydrogens is 232 g/mol. The number of esters is 1. The number of carbonyl (C=O) groups excluding carboxylic acids is 1. The molecule has 5 nitrogen and oxygen atoms in total. The Hall–Kier alpha value is -2.30. The van der Waals surface area contributed by atoms with E-state index in [1.165, 1.54) is 7.11 Å². The van der Waals surface area contributed by atoms with Gasteiger partial charge in [0, 0.05) is 11.6 Å². The van der Waals surface area contributed by atoms with Gasteiger partial charge in [0.2, 0.25) is 0 Å². The molecule has 0 amide bonds. The van der Waals surface area contributed by atoms with Crippen molar-refractivity contribution < 1.29 is 14.3 Å². The molecule has 2 rings (SSSR count). The number of nitrogen functional groups attached to an aromatic ring is 1. The molecule has 1 aromatic heterocycles. The summed E-state index contributed by atoms with van der Waals surface area (Å²) in [6.45, 7) is 0.264. The molecule has 0 saturated heterocycles. The van der Waals surface area contributed by atoms with Crippen molar-refractivity contribution in [3.8, 4) is 5.75 Å². The quantitative estimate of drug-likeness (QED) is 0.657. The molecule has 0 fully saturated rings. The molecule has 0 atom stereocenters. The molecule has 0 aliphatic rings. The minimum atomic E-state index is -0.298. The normalized spacial score (nSPS) is 10.3. The van der Waals surface area contributed by atoms with Gasteiger partial charge >= 0.3 is 5.97 Å². The summed E-state index contributed by atoms with van der Waals surface area (Å²) < 4.78 is 10.1. The number of ether oxygens (including phenoxy) is 2. The zero-order valence-electron chi connectivity index (χ0n) is 10.1. The van der Waals surface area contributed by atoms with Crippen LogP contribution in [0, 0.1) is 0 Å². The molecule has 0 unspecified atom stereocenters. The zero-order valence-corrected chi connectivity index (χ0v) is 10.1. The maximum Gasteiger partial charge on any atom is 0.308 e. The summed E-state index contributed by atoms with van der Waals surface area (Å²) in [6.07, 6.45) is 1.89. The highest BCUT2D eigenvalue weighted by molar-refractivity contribution is 5.93. The Labute approximate surface area is 105 Å². The lowest BCUT2D eigenvalue weighted by Gasteiger charge is -2.09. The first-order valence-corrected chi connectivity index (χ1v) is 5.55.